The van der Waals surface area contributed by atoms with Crippen molar-refractivity contribution in [3.63, 3.8) is 0 Å². The number of rotatable bonds is 6. The van der Waals surface area contributed by atoms with Gasteiger partial charge in [-0.1, -0.05) is 12.1 Å². The molecule has 1 saturated heterocycles. The van der Waals surface area contributed by atoms with Gasteiger partial charge in [0.15, 0.2) is 0 Å². The average molecular weight is 436 g/mol. The fourth-order valence-corrected chi connectivity index (χ4v) is 3.72. The minimum absolute atomic E-state index is 0.0444. The maximum atomic E-state index is 12.9. The van der Waals surface area contributed by atoms with Gasteiger partial charge in [-0.15, -0.1) is 0 Å². The highest BCUT2D eigenvalue weighted by Gasteiger charge is 2.42. The maximum Gasteiger partial charge on any atom is 0.405 e. The molecule has 0 spiro atoms. The average Bonchev–Trinajstić information content (AvgIpc) is 2.77. The number of nitrogens with one attached hydrogen (secondary N) is 1. The van der Waals surface area contributed by atoms with E-state index in [1.165, 1.54) is 19.1 Å². The lowest BCUT2D eigenvalue weighted by Crippen LogP contribution is -2.49. The molecule has 1 heterocycles. The molecule has 2 aromatic carbocycles. The molecule has 0 bridgehead atoms. The molecule has 166 valence electrons. The molecule has 31 heavy (non-hydrogen) atoms. The van der Waals surface area contributed by atoms with Gasteiger partial charge in [-0.25, -0.2) is 0 Å². The van der Waals surface area contributed by atoms with Crippen LogP contribution in [0.25, 0.3) is 0 Å². The number of methoxy groups -OCH3 is 2. The highest BCUT2D eigenvalue weighted by Crippen LogP contribution is 2.41. The Kier molecular flexibility index (Phi) is 6.72. The predicted octanol–water partition coefficient (Wildman–Crippen LogP) is 3.87. The molecule has 6 nitrogen and oxygen atoms in total. The zero-order chi connectivity index (χ0) is 22.6. The number of nitrogens with zero attached hydrogens (tertiary/aromatic N) is 1. The molecule has 2 amide bonds. The Morgan fingerprint density at radius 1 is 1.03 bits per heavy atom. The summed E-state index contributed by atoms with van der Waals surface area (Å²) in [5.41, 5.74) is 1.15. The Balaban J connectivity index is 2.00. The second kappa shape index (κ2) is 9.28. The molecule has 1 fully saturated rings. The predicted molar refractivity (Wildman–Crippen MR) is 108 cm³/mol. The first-order chi connectivity index (χ1) is 14.7. The van der Waals surface area contributed by atoms with Gasteiger partial charge in [0.05, 0.1) is 26.2 Å². The first-order valence-electron chi connectivity index (χ1n) is 9.68. The van der Waals surface area contributed by atoms with Crippen molar-refractivity contribution in [3.05, 3.63) is 54.1 Å². The molecule has 2 aromatic rings. The number of hydrogen-bond donors (Lipinski definition) is 1. The molecular weight excluding hydrogens is 413 g/mol. The number of benzene rings is 2. The Morgan fingerprint density at radius 3 is 2.10 bits per heavy atom. The zero-order valence-electron chi connectivity index (χ0n) is 17.1. The van der Waals surface area contributed by atoms with E-state index in [-0.39, 0.29) is 18.7 Å². The Hall–Kier alpha value is -3.23. The highest BCUT2D eigenvalue weighted by atomic mass is 19.4. The summed E-state index contributed by atoms with van der Waals surface area (Å²) in [6.45, 7) is -1.42. The minimum atomic E-state index is -4.52. The number of amides is 2. The third-order valence-corrected chi connectivity index (χ3v) is 5.20. The largest absolute Gasteiger partial charge is 0.497 e. The standard InChI is InChI=1S/C22H23F3N2O4/c1-30-16-7-3-14(4-8-16)20-18(21(29)26-13-22(23,24)25)11-12-19(28)27(20)15-5-9-17(31-2)10-6-15/h3-10,18,20H,11-13H2,1-2H3,(H,26,29). The van der Waals surface area contributed by atoms with Crippen molar-refractivity contribution in [2.45, 2.75) is 25.1 Å². The van der Waals surface area contributed by atoms with Crippen molar-refractivity contribution in [2.75, 3.05) is 25.7 Å². The van der Waals surface area contributed by atoms with Crippen molar-refractivity contribution in [3.8, 4) is 11.5 Å². The number of anilines is 1. The number of piperidine rings is 1. The number of carbonyl (C=O) groups excluding carboxylic acids is 2. The number of alkyl halides is 3. The molecule has 1 N–H and O–H groups in total. The molecule has 1 aliphatic rings. The van der Waals surface area contributed by atoms with Crippen molar-refractivity contribution in [2.24, 2.45) is 5.92 Å². The van der Waals surface area contributed by atoms with Gasteiger partial charge >= 0.3 is 6.18 Å². The Labute approximate surface area is 177 Å². The smallest absolute Gasteiger partial charge is 0.405 e. The van der Waals surface area contributed by atoms with Crippen LogP contribution in [-0.2, 0) is 9.59 Å². The molecular formula is C22H23F3N2O4. The van der Waals surface area contributed by atoms with Crippen molar-refractivity contribution < 1.29 is 32.2 Å². The van der Waals surface area contributed by atoms with Crippen LogP contribution in [-0.4, -0.2) is 38.8 Å². The van der Waals surface area contributed by atoms with Crippen LogP contribution in [0.2, 0.25) is 0 Å². The van der Waals surface area contributed by atoms with Crippen LogP contribution >= 0.6 is 0 Å². The minimum Gasteiger partial charge on any atom is -0.497 e. The van der Waals surface area contributed by atoms with Crippen molar-refractivity contribution >= 4 is 17.5 Å². The van der Waals surface area contributed by atoms with Crippen LogP contribution in [0.5, 0.6) is 11.5 Å². The Morgan fingerprint density at radius 2 is 1.58 bits per heavy atom. The fourth-order valence-electron chi connectivity index (χ4n) is 3.72. The first kappa shape index (κ1) is 22.5. The lowest BCUT2D eigenvalue weighted by atomic mass is 9.83. The molecule has 0 radical (unpaired) electrons. The molecule has 0 saturated carbocycles. The molecule has 2 atom stereocenters. The van der Waals surface area contributed by atoms with Gasteiger partial charge in [-0.3, -0.25) is 9.59 Å². The van der Waals surface area contributed by atoms with Gasteiger partial charge in [-0.2, -0.15) is 13.2 Å². The third-order valence-electron chi connectivity index (χ3n) is 5.20. The van der Waals surface area contributed by atoms with Gasteiger partial charge in [-0.05, 0) is 48.4 Å². The van der Waals surface area contributed by atoms with Crippen LogP contribution < -0.4 is 19.7 Å². The SMILES string of the molecule is COc1ccc(C2C(C(=O)NCC(F)(F)F)CCC(=O)N2c2ccc(OC)cc2)cc1. The lowest BCUT2D eigenvalue weighted by molar-refractivity contribution is -0.142. The summed E-state index contributed by atoms with van der Waals surface area (Å²) in [6.07, 6.45) is -4.33. The van der Waals surface area contributed by atoms with Crippen LogP contribution in [0.15, 0.2) is 48.5 Å². The van der Waals surface area contributed by atoms with Crippen molar-refractivity contribution in [1.29, 1.82) is 0 Å². The van der Waals surface area contributed by atoms with E-state index in [0.29, 0.717) is 22.7 Å². The van der Waals surface area contributed by atoms with Crippen molar-refractivity contribution in [1.82, 2.24) is 5.32 Å². The van der Waals surface area contributed by atoms with Crippen LogP contribution in [0.4, 0.5) is 18.9 Å². The van der Waals surface area contributed by atoms with Crippen LogP contribution in [0.3, 0.4) is 0 Å². The summed E-state index contributed by atoms with van der Waals surface area (Å²) in [5.74, 6) is -0.640. The monoisotopic (exact) mass is 436 g/mol. The normalized spacial score (nSPS) is 19.1. The zero-order valence-corrected chi connectivity index (χ0v) is 17.1. The number of carbonyl (C=O) groups is 2. The van der Waals surface area contributed by atoms with E-state index < -0.39 is 30.6 Å². The summed E-state index contributed by atoms with van der Waals surface area (Å²) in [7, 11) is 3.03. The molecule has 9 heteroatoms. The van der Waals surface area contributed by atoms with E-state index in [0.717, 1.165) is 0 Å². The molecule has 0 aromatic heterocycles. The lowest BCUT2D eigenvalue weighted by Gasteiger charge is -2.41. The first-order valence-corrected chi connectivity index (χ1v) is 9.68. The van der Waals surface area contributed by atoms with Crippen LogP contribution in [0, 0.1) is 5.92 Å². The quantitative estimate of drug-likeness (QED) is 0.747. The van der Waals surface area contributed by atoms with E-state index in [9.17, 15) is 22.8 Å². The Bertz CT molecular complexity index is 914. The van der Waals surface area contributed by atoms with E-state index in [2.05, 4.69) is 0 Å². The topological polar surface area (TPSA) is 67.9 Å². The second-order valence-electron chi connectivity index (χ2n) is 7.16. The molecule has 2 unspecified atom stereocenters. The van der Waals surface area contributed by atoms with E-state index in [1.54, 1.807) is 48.5 Å². The van der Waals surface area contributed by atoms with E-state index in [4.69, 9.17) is 9.47 Å². The molecule has 1 aliphatic heterocycles. The number of hydrogen-bond acceptors (Lipinski definition) is 4. The van der Waals surface area contributed by atoms with Crippen LogP contribution in [0.1, 0.15) is 24.4 Å². The third kappa shape index (κ3) is 5.28. The van der Waals surface area contributed by atoms with Gasteiger partial charge in [0, 0.05) is 12.1 Å². The summed E-state index contributed by atoms with van der Waals surface area (Å²) >= 11 is 0. The molecule has 3 rings (SSSR count). The maximum absolute atomic E-state index is 12.9. The van der Waals surface area contributed by atoms with Gasteiger partial charge in [0.1, 0.15) is 18.0 Å². The molecule has 0 aliphatic carbocycles. The van der Waals surface area contributed by atoms with E-state index in [1.807, 2.05) is 5.32 Å². The number of ether oxygens (including phenoxy) is 2. The van der Waals surface area contributed by atoms with E-state index >= 15 is 0 Å². The van der Waals surface area contributed by atoms with Gasteiger partial charge in [0.2, 0.25) is 11.8 Å². The highest BCUT2D eigenvalue weighted by molar-refractivity contribution is 5.97. The van der Waals surface area contributed by atoms with Gasteiger partial charge in [0.25, 0.3) is 0 Å². The fraction of sp³-hybridized carbons (Fsp3) is 0.364. The summed E-state index contributed by atoms with van der Waals surface area (Å²) in [4.78, 5) is 27.1. The summed E-state index contributed by atoms with van der Waals surface area (Å²) in [5, 5.41) is 1.97. The summed E-state index contributed by atoms with van der Waals surface area (Å²) < 4.78 is 48.3. The van der Waals surface area contributed by atoms with Gasteiger partial charge < -0.3 is 19.7 Å². The summed E-state index contributed by atoms with van der Waals surface area (Å²) in [6, 6.07) is 12.8. The second-order valence-corrected chi connectivity index (χ2v) is 7.16. The number of halogens is 3.